The van der Waals surface area contributed by atoms with Crippen LogP contribution in [0.3, 0.4) is 0 Å². The van der Waals surface area contributed by atoms with Gasteiger partial charge < -0.3 is 9.84 Å². The number of thiophene rings is 1. The van der Waals surface area contributed by atoms with E-state index in [-0.39, 0.29) is 11.9 Å². The van der Waals surface area contributed by atoms with E-state index in [0.29, 0.717) is 16.6 Å². The summed E-state index contributed by atoms with van der Waals surface area (Å²) in [4.78, 5) is 21.2. The van der Waals surface area contributed by atoms with Crippen molar-refractivity contribution < 1.29 is 9.32 Å². The van der Waals surface area contributed by atoms with Gasteiger partial charge in [-0.2, -0.15) is 4.98 Å². The van der Waals surface area contributed by atoms with Gasteiger partial charge in [0.15, 0.2) is 0 Å². The molecule has 1 aliphatic rings. The maximum Gasteiger partial charge on any atom is 0.261 e. The summed E-state index contributed by atoms with van der Waals surface area (Å²) in [6.07, 6.45) is 1.92. The first kappa shape index (κ1) is 20.6. The van der Waals surface area contributed by atoms with E-state index in [0.717, 1.165) is 42.9 Å². The molecule has 3 heterocycles. The van der Waals surface area contributed by atoms with Crippen LogP contribution in [-0.4, -0.2) is 40.1 Å². The number of hydrogen-bond acceptors (Lipinski definition) is 6. The Morgan fingerprint density at radius 1 is 1.00 bits per heavy atom. The van der Waals surface area contributed by atoms with E-state index in [1.165, 1.54) is 16.9 Å². The molecule has 1 saturated heterocycles. The Kier molecular flexibility index (Phi) is 6.09. The summed E-state index contributed by atoms with van der Waals surface area (Å²) < 4.78 is 5.39. The molecule has 0 saturated carbocycles. The molecule has 32 heavy (non-hydrogen) atoms. The molecule has 0 radical (unpaired) electrons. The topological polar surface area (TPSA) is 71.3 Å². The summed E-state index contributed by atoms with van der Waals surface area (Å²) in [5.41, 5.74) is 2.21. The van der Waals surface area contributed by atoms with Crippen LogP contribution in [0.5, 0.6) is 0 Å². The van der Waals surface area contributed by atoms with E-state index in [1.807, 2.05) is 48.5 Å². The van der Waals surface area contributed by atoms with Crippen LogP contribution < -0.4 is 5.32 Å². The van der Waals surface area contributed by atoms with Crippen LogP contribution in [0.1, 0.15) is 28.1 Å². The molecule has 2 aromatic heterocycles. The number of carbonyl (C=O) groups is 1. The highest BCUT2D eigenvalue weighted by molar-refractivity contribution is 7.17. The van der Waals surface area contributed by atoms with Crippen LogP contribution in [0.15, 0.2) is 77.3 Å². The summed E-state index contributed by atoms with van der Waals surface area (Å²) in [6, 6.07) is 24.1. The molecule has 0 aliphatic carbocycles. The molecule has 7 heteroatoms. The van der Waals surface area contributed by atoms with Crippen molar-refractivity contribution in [2.75, 3.05) is 13.1 Å². The molecule has 0 spiro atoms. The third-order valence-corrected chi connectivity index (χ3v) is 6.75. The minimum atomic E-state index is -0.0328. The number of rotatable bonds is 6. The lowest BCUT2D eigenvalue weighted by Crippen LogP contribution is -2.44. The standard InChI is InChI=1S/C25H24N4O2S/c30-24(26-20-13-15-29(16-14-20)17-18-7-3-1-4-8-18)22-12-11-21(32-22)23-27-25(31-28-23)19-9-5-2-6-10-19/h1-12,20H,13-17H2,(H,26,30). The van der Waals surface area contributed by atoms with Crippen molar-refractivity contribution in [1.82, 2.24) is 20.4 Å². The number of aromatic nitrogens is 2. The summed E-state index contributed by atoms with van der Waals surface area (Å²) in [6.45, 7) is 2.94. The van der Waals surface area contributed by atoms with Crippen molar-refractivity contribution in [2.24, 2.45) is 0 Å². The first-order valence-corrected chi connectivity index (χ1v) is 11.6. The van der Waals surface area contributed by atoms with Crippen molar-refractivity contribution in [3.8, 4) is 22.2 Å². The fraction of sp³-hybridized carbons (Fsp3) is 0.240. The molecule has 162 valence electrons. The third kappa shape index (κ3) is 4.79. The van der Waals surface area contributed by atoms with Gasteiger partial charge in [0, 0.05) is 31.2 Å². The average Bonchev–Trinajstić information content (AvgIpc) is 3.52. The number of piperidine rings is 1. The van der Waals surface area contributed by atoms with E-state index in [2.05, 4.69) is 44.6 Å². The number of carbonyl (C=O) groups excluding carboxylic acids is 1. The number of amides is 1. The molecule has 0 bridgehead atoms. The van der Waals surface area contributed by atoms with Gasteiger partial charge in [-0.25, -0.2) is 0 Å². The van der Waals surface area contributed by atoms with E-state index < -0.39 is 0 Å². The Morgan fingerprint density at radius 3 is 2.47 bits per heavy atom. The lowest BCUT2D eigenvalue weighted by Gasteiger charge is -2.32. The predicted molar refractivity (Wildman–Crippen MR) is 125 cm³/mol. The van der Waals surface area contributed by atoms with Crippen LogP contribution in [0.25, 0.3) is 22.2 Å². The molecule has 0 unspecified atom stereocenters. The van der Waals surface area contributed by atoms with E-state index in [1.54, 1.807) is 0 Å². The van der Waals surface area contributed by atoms with Gasteiger partial charge in [-0.3, -0.25) is 9.69 Å². The van der Waals surface area contributed by atoms with Crippen LogP contribution in [-0.2, 0) is 6.54 Å². The van der Waals surface area contributed by atoms with E-state index >= 15 is 0 Å². The summed E-state index contributed by atoms with van der Waals surface area (Å²) in [5.74, 6) is 0.943. The van der Waals surface area contributed by atoms with Crippen LogP contribution in [0, 0.1) is 0 Å². The van der Waals surface area contributed by atoms with Gasteiger partial charge >= 0.3 is 0 Å². The normalized spacial score (nSPS) is 15.0. The number of hydrogen-bond donors (Lipinski definition) is 1. The molecular formula is C25H24N4O2S. The quantitative estimate of drug-likeness (QED) is 0.460. The van der Waals surface area contributed by atoms with E-state index in [4.69, 9.17) is 4.52 Å². The van der Waals surface area contributed by atoms with Gasteiger partial charge in [0.2, 0.25) is 5.82 Å². The number of likely N-dealkylation sites (tertiary alicyclic amines) is 1. The number of benzene rings is 2. The fourth-order valence-corrected chi connectivity index (χ4v) is 4.77. The number of nitrogens with zero attached hydrogens (tertiary/aromatic N) is 3. The van der Waals surface area contributed by atoms with Gasteiger partial charge in [-0.15, -0.1) is 11.3 Å². The van der Waals surface area contributed by atoms with Crippen molar-refractivity contribution in [2.45, 2.75) is 25.4 Å². The van der Waals surface area contributed by atoms with Crippen molar-refractivity contribution in [1.29, 1.82) is 0 Å². The van der Waals surface area contributed by atoms with Crippen molar-refractivity contribution in [3.05, 3.63) is 83.2 Å². The summed E-state index contributed by atoms with van der Waals surface area (Å²) in [7, 11) is 0. The largest absolute Gasteiger partial charge is 0.349 e. The van der Waals surface area contributed by atoms with Crippen LogP contribution in [0.2, 0.25) is 0 Å². The molecule has 1 amide bonds. The lowest BCUT2D eigenvalue weighted by atomic mass is 10.0. The van der Waals surface area contributed by atoms with Gasteiger partial charge in [0.05, 0.1) is 9.75 Å². The zero-order valence-corrected chi connectivity index (χ0v) is 18.4. The molecule has 6 nitrogen and oxygen atoms in total. The van der Waals surface area contributed by atoms with Crippen molar-refractivity contribution >= 4 is 17.2 Å². The summed E-state index contributed by atoms with van der Waals surface area (Å²) >= 11 is 1.39. The predicted octanol–water partition coefficient (Wildman–Crippen LogP) is 4.86. The second kappa shape index (κ2) is 9.46. The second-order valence-electron chi connectivity index (χ2n) is 7.96. The molecule has 2 aromatic carbocycles. The highest BCUT2D eigenvalue weighted by Gasteiger charge is 2.22. The third-order valence-electron chi connectivity index (χ3n) is 5.67. The molecule has 5 rings (SSSR count). The average molecular weight is 445 g/mol. The van der Waals surface area contributed by atoms with Gasteiger partial charge in [0.25, 0.3) is 11.8 Å². The van der Waals surface area contributed by atoms with Gasteiger partial charge in [0.1, 0.15) is 0 Å². The zero-order valence-electron chi connectivity index (χ0n) is 17.6. The maximum atomic E-state index is 12.8. The van der Waals surface area contributed by atoms with Crippen LogP contribution in [0.4, 0.5) is 0 Å². The fourth-order valence-electron chi connectivity index (χ4n) is 3.94. The molecule has 0 atom stereocenters. The first-order chi connectivity index (χ1) is 15.7. The Morgan fingerprint density at radius 2 is 1.72 bits per heavy atom. The minimum Gasteiger partial charge on any atom is -0.349 e. The first-order valence-electron chi connectivity index (χ1n) is 10.8. The molecule has 1 N–H and O–H groups in total. The number of nitrogens with one attached hydrogen (secondary N) is 1. The Bertz CT molecular complexity index is 1160. The second-order valence-corrected chi connectivity index (χ2v) is 9.05. The van der Waals surface area contributed by atoms with Gasteiger partial charge in [-0.05, 0) is 42.7 Å². The maximum absolute atomic E-state index is 12.8. The molecular weight excluding hydrogens is 420 g/mol. The highest BCUT2D eigenvalue weighted by Crippen LogP contribution is 2.28. The minimum absolute atomic E-state index is 0.0328. The molecule has 1 fully saturated rings. The Balaban J connectivity index is 1.16. The highest BCUT2D eigenvalue weighted by atomic mass is 32.1. The monoisotopic (exact) mass is 444 g/mol. The zero-order chi connectivity index (χ0) is 21.8. The molecule has 1 aliphatic heterocycles. The van der Waals surface area contributed by atoms with E-state index in [9.17, 15) is 4.79 Å². The SMILES string of the molecule is O=C(NC1CCN(Cc2ccccc2)CC1)c1ccc(-c2noc(-c3ccccc3)n2)s1. The van der Waals surface area contributed by atoms with Crippen molar-refractivity contribution in [3.63, 3.8) is 0 Å². The van der Waals surface area contributed by atoms with Crippen LogP contribution >= 0.6 is 11.3 Å². The Hall–Kier alpha value is -3.29. The summed E-state index contributed by atoms with van der Waals surface area (Å²) in [5, 5.41) is 7.28. The smallest absolute Gasteiger partial charge is 0.261 e. The lowest BCUT2D eigenvalue weighted by molar-refractivity contribution is 0.0913. The van der Waals surface area contributed by atoms with Gasteiger partial charge in [-0.1, -0.05) is 53.7 Å². The Labute approximate surface area is 190 Å². The molecule has 4 aromatic rings.